The van der Waals surface area contributed by atoms with Crippen LogP contribution in [0.3, 0.4) is 0 Å². The Balaban J connectivity index is 1.24. The lowest BCUT2D eigenvalue weighted by atomic mass is 9.96. The van der Waals surface area contributed by atoms with Crippen molar-refractivity contribution in [1.82, 2.24) is 19.8 Å². The summed E-state index contributed by atoms with van der Waals surface area (Å²) in [6.45, 7) is 2.90. The van der Waals surface area contributed by atoms with Gasteiger partial charge >= 0.3 is 0 Å². The van der Waals surface area contributed by atoms with Crippen LogP contribution in [-0.4, -0.2) is 39.5 Å². The predicted octanol–water partition coefficient (Wildman–Crippen LogP) is 4.80. The van der Waals surface area contributed by atoms with E-state index in [0.29, 0.717) is 6.42 Å². The molecule has 0 radical (unpaired) electrons. The highest BCUT2D eigenvalue weighted by molar-refractivity contribution is 5.87. The number of piperidine rings is 1. The van der Waals surface area contributed by atoms with E-state index in [1.54, 1.807) is 0 Å². The first kappa shape index (κ1) is 21.4. The second kappa shape index (κ2) is 10.0. The van der Waals surface area contributed by atoms with Gasteiger partial charge in [0.05, 0.1) is 12.5 Å². The highest BCUT2D eigenvalue weighted by Gasteiger charge is 2.24. The standard InChI is InChI=1S/C28H30N4O/c33-28(30-24-12-17-31(18-13-24)21-22-7-6-14-29-20-22)19-27(32-15-3-4-16-32)26-11-5-9-23-8-1-2-10-25(23)26/h1-11,14-16,20,24,27H,12-13,17-19,21H2,(H,30,33)/t27-/m0/s1. The summed E-state index contributed by atoms with van der Waals surface area (Å²) in [4.78, 5) is 19.8. The molecule has 1 saturated heterocycles. The molecule has 33 heavy (non-hydrogen) atoms. The molecule has 1 aliphatic rings. The van der Waals surface area contributed by atoms with Gasteiger partial charge in [-0.3, -0.25) is 14.7 Å². The maximum absolute atomic E-state index is 13.2. The van der Waals surface area contributed by atoms with Gasteiger partial charge < -0.3 is 9.88 Å². The Morgan fingerprint density at radius 1 is 0.970 bits per heavy atom. The third-order valence-corrected chi connectivity index (χ3v) is 6.63. The number of fused-ring (bicyclic) bond motifs is 1. The van der Waals surface area contributed by atoms with E-state index in [9.17, 15) is 4.79 Å². The van der Waals surface area contributed by atoms with Gasteiger partial charge in [0.1, 0.15) is 0 Å². The summed E-state index contributed by atoms with van der Waals surface area (Å²) >= 11 is 0. The Bertz CT molecular complexity index is 1180. The normalized spacial score (nSPS) is 16.0. The fourth-order valence-corrected chi connectivity index (χ4v) is 4.92. The Hall–Kier alpha value is -3.44. The molecule has 1 fully saturated rings. The van der Waals surface area contributed by atoms with E-state index in [-0.39, 0.29) is 18.0 Å². The Morgan fingerprint density at radius 2 is 1.76 bits per heavy atom. The molecule has 1 aliphatic heterocycles. The number of hydrogen-bond donors (Lipinski definition) is 1. The van der Waals surface area contributed by atoms with Crippen LogP contribution in [-0.2, 0) is 11.3 Å². The number of aromatic nitrogens is 2. The molecule has 5 rings (SSSR count). The minimum atomic E-state index is -0.0308. The van der Waals surface area contributed by atoms with Gasteiger partial charge in [-0.2, -0.15) is 0 Å². The average Bonchev–Trinajstić information content (AvgIpc) is 3.39. The molecule has 0 unspecified atom stereocenters. The van der Waals surface area contributed by atoms with Crippen molar-refractivity contribution in [1.29, 1.82) is 0 Å². The lowest BCUT2D eigenvalue weighted by Crippen LogP contribution is -2.44. The zero-order valence-electron chi connectivity index (χ0n) is 18.8. The van der Waals surface area contributed by atoms with Gasteiger partial charge in [0.25, 0.3) is 0 Å². The van der Waals surface area contributed by atoms with Crippen LogP contribution in [0.25, 0.3) is 10.8 Å². The molecule has 2 aromatic heterocycles. The monoisotopic (exact) mass is 438 g/mol. The van der Waals surface area contributed by atoms with Crippen molar-refractivity contribution in [2.24, 2.45) is 0 Å². The van der Waals surface area contributed by atoms with Crippen LogP contribution in [0.1, 0.15) is 36.4 Å². The lowest BCUT2D eigenvalue weighted by Gasteiger charge is -2.32. The van der Waals surface area contributed by atoms with E-state index in [2.05, 4.69) is 80.7 Å². The summed E-state index contributed by atoms with van der Waals surface area (Å²) in [5.74, 6) is 0.118. The van der Waals surface area contributed by atoms with Gasteiger partial charge in [-0.15, -0.1) is 0 Å². The van der Waals surface area contributed by atoms with E-state index in [1.807, 2.05) is 30.6 Å². The van der Waals surface area contributed by atoms with Crippen LogP contribution in [0.2, 0.25) is 0 Å². The van der Waals surface area contributed by atoms with Gasteiger partial charge in [0, 0.05) is 50.5 Å². The maximum Gasteiger partial charge on any atom is 0.222 e. The van der Waals surface area contributed by atoms with Crippen molar-refractivity contribution in [3.05, 3.63) is 103 Å². The molecule has 3 heterocycles. The predicted molar refractivity (Wildman–Crippen MR) is 132 cm³/mol. The number of carbonyl (C=O) groups is 1. The summed E-state index contributed by atoms with van der Waals surface area (Å²) in [6, 6.07) is 23.1. The molecule has 0 saturated carbocycles. The molecule has 0 aliphatic carbocycles. The number of amides is 1. The van der Waals surface area contributed by atoms with Gasteiger partial charge in [-0.05, 0) is 52.9 Å². The topological polar surface area (TPSA) is 50.2 Å². The molecule has 0 spiro atoms. The Morgan fingerprint density at radius 3 is 2.55 bits per heavy atom. The number of nitrogens with one attached hydrogen (secondary N) is 1. The maximum atomic E-state index is 13.2. The third-order valence-electron chi connectivity index (χ3n) is 6.63. The highest BCUT2D eigenvalue weighted by atomic mass is 16.1. The van der Waals surface area contributed by atoms with Crippen LogP contribution in [0, 0.1) is 0 Å². The summed E-state index contributed by atoms with van der Waals surface area (Å²) in [5.41, 5.74) is 2.43. The molecule has 1 amide bonds. The summed E-state index contributed by atoms with van der Waals surface area (Å²) in [5, 5.41) is 5.73. The van der Waals surface area contributed by atoms with Crippen LogP contribution >= 0.6 is 0 Å². The van der Waals surface area contributed by atoms with Crippen molar-refractivity contribution in [3.8, 4) is 0 Å². The number of pyridine rings is 1. The first-order valence-electron chi connectivity index (χ1n) is 11.8. The fourth-order valence-electron chi connectivity index (χ4n) is 4.92. The first-order chi connectivity index (χ1) is 16.3. The van der Waals surface area contributed by atoms with Crippen molar-refractivity contribution in [2.45, 2.75) is 37.9 Å². The van der Waals surface area contributed by atoms with E-state index in [1.165, 1.54) is 21.9 Å². The number of benzene rings is 2. The zero-order chi connectivity index (χ0) is 22.5. The molecule has 4 aromatic rings. The van der Waals surface area contributed by atoms with Crippen molar-refractivity contribution in [3.63, 3.8) is 0 Å². The second-order valence-electron chi connectivity index (χ2n) is 8.90. The van der Waals surface area contributed by atoms with Crippen LogP contribution in [0.15, 0.2) is 91.5 Å². The first-order valence-corrected chi connectivity index (χ1v) is 11.8. The average molecular weight is 439 g/mol. The van der Waals surface area contributed by atoms with Gasteiger partial charge in [0.2, 0.25) is 5.91 Å². The quantitative estimate of drug-likeness (QED) is 0.451. The Kier molecular flexibility index (Phi) is 6.49. The van der Waals surface area contributed by atoms with Gasteiger partial charge in [-0.25, -0.2) is 0 Å². The molecule has 2 aromatic carbocycles. The zero-order valence-corrected chi connectivity index (χ0v) is 18.8. The molecular weight excluding hydrogens is 408 g/mol. The summed E-state index contributed by atoms with van der Waals surface area (Å²) in [6.07, 6.45) is 10.2. The van der Waals surface area contributed by atoms with Crippen molar-refractivity contribution >= 4 is 16.7 Å². The number of likely N-dealkylation sites (tertiary alicyclic amines) is 1. The molecule has 0 bridgehead atoms. The minimum Gasteiger partial charge on any atom is -0.353 e. The largest absolute Gasteiger partial charge is 0.353 e. The van der Waals surface area contributed by atoms with Gasteiger partial charge in [-0.1, -0.05) is 48.5 Å². The molecular formula is C28H30N4O. The van der Waals surface area contributed by atoms with E-state index >= 15 is 0 Å². The number of carbonyl (C=O) groups excluding carboxylic acids is 1. The molecule has 1 N–H and O–H groups in total. The number of nitrogens with zero attached hydrogens (tertiary/aromatic N) is 3. The Labute approximate surface area is 195 Å². The SMILES string of the molecule is O=C(C[C@@H](c1cccc2ccccc12)n1cccc1)NC1CCN(Cc2cccnc2)CC1. The van der Waals surface area contributed by atoms with Gasteiger partial charge in [0.15, 0.2) is 0 Å². The van der Waals surface area contributed by atoms with Crippen LogP contribution < -0.4 is 5.32 Å². The van der Waals surface area contributed by atoms with E-state index < -0.39 is 0 Å². The lowest BCUT2D eigenvalue weighted by molar-refractivity contribution is -0.122. The van der Waals surface area contributed by atoms with Crippen molar-refractivity contribution in [2.75, 3.05) is 13.1 Å². The van der Waals surface area contributed by atoms with E-state index in [4.69, 9.17) is 0 Å². The molecule has 168 valence electrons. The summed E-state index contributed by atoms with van der Waals surface area (Å²) < 4.78 is 2.15. The third kappa shape index (κ3) is 5.15. The fraction of sp³-hybridized carbons (Fsp3) is 0.286. The van der Waals surface area contributed by atoms with Crippen LogP contribution in [0.5, 0.6) is 0 Å². The number of hydrogen-bond acceptors (Lipinski definition) is 3. The molecule has 1 atom stereocenters. The summed E-state index contributed by atoms with van der Waals surface area (Å²) in [7, 11) is 0. The smallest absolute Gasteiger partial charge is 0.222 e. The minimum absolute atomic E-state index is 0.0308. The van der Waals surface area contributed by atoms with E-state index in [0.717, 1.165) is 32.5 Å². The molecule has 5 nitrogen and oxygen atoms in total. The highest BCUT2D eigenvalue weighted by Crippen LogP contribution is 2.29. The molecule has 5 heteroatoms. The number of rotatable bonds is 7. The second-order valence-corrected chi connectivity index (χ2v) is 8.90. The van der Waals surface area contributed by atoms with Crippen molar-refractivity contribution < 1.29 is 4.79 Å². The van der Waals surface area contributed by atoms with Crippen LogP contribution in [0.4, 0.5) is 0 Å².